The fourth-order valence-electron chi connectivity index (χ4n) is 0.658. The molecule has 0 fully saturated rings. The summed E-state index contributed by atoms with van der Waals surface area (Å²) in [5.74, 6) is 0. The van der Waals surface area contributed by atoms with Crippen LogP contribution in [-0.2, 0) is 0 Å². The zero-order valence-corrected chi connectivity index (χ0v) is 7.63. The molecule has 0 heterocycles. The molecule has 48 valence electrons. The van der Waals surface area contributed by atoms with Gasteiger partial charge in [-0.25, -0.2) is 0 Å². The third-order valence-electron chi connectivity index (χ3n) is 1.02. The van der Waals surface area contributed by atoms with E-state index in [1.165, 1.54) is 4.43 Å². The van der Waals surface area contributed by atoms with Crippen LogP contribution in [0, 0.1) is 3.57 Å². The second-order valence-electron chi connectivity index (χ2n) is 1.70. The molecule has 0 bridgehead atoms. The van der Waals surface area contributed by atoms with Crippen LogP contribution in [0.5, 0.6) is 0 Å². The lowest BCUT2D eigenvalue weighted by molar-refractivity contribution is -0.623. The lowest BCUT2D eigenvalue weighted by Gasteiger charge is -1.78. The van der Waals surface area contributed by atoms with Gasteiger partial charge in [0.05, 0.1) is 0 Å². The summed E-state index contributed by atoms with van der Waals surface area (Å²) in [6.07, 6.45) is 0. The number of rotatable bonds is 2. The van der Waals surface area contributed by atoms with E-state index in [-0.39, 0.29) is 0 Å². The Morgan fingerprint density at radius 1 is 1.22 bits per heavy atom. The zero-order chi connectivity index (χ0) is 6.53. The van der Waals surface area contributed by atoms with E-state index >= 15 is 0 Å². The highest BCUT2D eigenvalue weighted by Gasteiger charge is 2.03. The maximum atomic E-state index is 2.25. The first-order valence-electron chi connectivity index (χ1n) is 3.07. The largest absolute Gasteiger partial charge is 0.312 e. The van der Waals surface area contributed by atoms with Crippen molar-refractivity contribution < 1.29 is 21.2 Å². The van der Waals surface area contributed by atoms with Crippen LogP contribution in [0.4, 0.5) is 0 Å². The van der Waals surface area contributed by atoms with E-state index in [0.29, 0.717) is 21.2 Å². The Morgan fingerprint density at radius 3 is 2.44 bits per heavy atom. The van der Waals surface area contributed by atoms with E-state index in [1.807, 2.05) is 0 Å². The highest BCUT2D eigenvalue weighted by molar-refractivity contribution is 4.98. The van der Waals surface area contributed by atoms with Gasteiger partial charge in [-0.2, -0.15) is 0 Å². The number of hydrogen-bond acceptors (Lipinski definition) is 0. The number of halogens is 1. The monoisotopic (exact) mass is 233 g/mol. The minimum atomic E-state index is 0.330. The summed E-state index contributed by atoms with van der Waals surface area (Å²) >= 11 is 0.330. The van der Waals surface area contributed by atoms with E-state index in [2.05, 4.69) is 37.3 Å². The molecule has 0 N–H and O–H groups in total. The quantitative estimate of drug-likeness (QED) is 0.452. The van der Waals surface area contributed by atoms with E-state index in [0.717, 1.165) is 0 Å². The van der Waals surface area contributed by atoms with Crippen molar-refractivity contribution in [3.63, 3.8) is 0 Å². The van der Waals surface area contributed by atoms with Gasteiger partial charge in [-0.05, 0) is 19.1 Å². The molecule has 0 saturated heterocycles. The van der Waals surface area contributed by atoms with Gasteiger partial charge in [0.15, 0.2) is 3.57 Å². The average molecular weight is 233 g/mol. The van der Waals surface area contributed by atoms with Crippen LogP contribution in [-0.4, -0.2) is 4.43 Å². The Hall–Kier alpha value is -0.0500. The fourth-order valence-corrected chi connectivity index (χ4v) is 2.46. The number of benzene rings is 1. The summed E-state index contributed by atoms with van der Waals surface area (Å²) < 4.78 is 2.90. The first-order chi connectivity index (χ1) is 4.43. The van der Waals surface area contributed by atoms with Crippen LogP contribution < -0.4 is 21.2 Å². The molecule has 0 atom stereocenters. The van der Waals surface area contributed by atoms with Gasteiger partial charge in [0, 0.05) is 0 Å². The van der Waals surface area contributed by atoms with Crippen LogP contribution in [0.15, 0.2) is 30.3 Å². The molecule has 1 rings (SSSR count). The Bertz CT molecular complexity index is 157. The predicted octanol–water partition coefficient (Wildman–Crippen LogP) is -1.03. The Labute approximate surface area is 66.5 Å². The van der Waals surface area contributed by atoms with Crippen molar-refractivity contribution in [1.82, 2.24) is 0 Å². The Kier molecular flexibility index (Phi) is 3.04. The third kappa shape index (κ3) is 2.35. The third-order valence-corrected chi connectivity index (χ3v) is 3.38. The van der Waals surface area contributed by atoms with Crippen molar-refractivity contribution in [2.75, 3.05) is 4.43 Å². The van der Waals surface area contributed by atoms with Gasteiger partial charge < -0.3 is 0 Å². The van der Waals surface area contributed by atoms with Gasteiger partial charge in [0.2, 0.25) is 0 Å². The minimum absolute atomic E-state index is 0.330. The van der Waals surface area contributed by atoms with Gasteiger partial charge in [0.1, 0.15) is 4.43 Å². The van der Waals surface area contributed by atoms with Crippen LogP contribution in [0.1, 0.15) is 6.92 Å². The molecule has 0 saturated carbocycles. The van der Waals surface area contributed by atoms with E-state index in [1.54, 1.807) is 3.57 Å². The summed E-state index contributed by atoms with van der Waals surface area (Å²) in [6.45, 7) is 2.25. The Morgan fingerprint density at radius 2 is 1.89 bits per heavy atom. The molecule has 0 aliphatic heterocycles. The molecule has 0 radical (unpaired) electrons. The van der Waals surface area contributed by atoms with E-state index in [4.69, 9.17) is 0 Å². The molecule has 0 amide bonds. The van der Waals surface area contributed by atoms with Gasteiger partial charge in [0.25, 0.3) is 0 Å². The van der Waals surface area contributed by atoms with Crippen molar-refractivity contribution in [3.8, 4) is 0 Å². The van der Waals surface area contributed by atoms with Gasteiger partial charge in [-0.1, -0.05) is 18.2 Å². The SMILES string of the molecule is CC[I+]c1ccccc1. The molecule has 0 unspecified atom stereocenters. The second-order valence-corrected chi connectivity index (χ2v) is 5.23. The molecule has 0 aliphatic rings. The van der Waals surface area contributed by atoms with Crippen molar-refractivity contribution in [3.05, 3.63) is 33.9 Å². The van der Waals surface area contributed by atoms with E-state index in [9.17, 15) is 0 Å². The second kappa shape index (κ2) is 3.88. The molecule has 0 aliphatic carbocycles. The smallest absolute Gasteiger partial charge is 0.0619 e. The molecular weight excluding hydrogens is 223 g/mol. The molecule has 0 aromatic heterocycles. The van der Waals surface area contributed by atoms with Gasteiger partial charge in [-0.3, -0.25) is 0 Å². The van der Waals surface area contributed by atoms with Crippen LogP contribution in [0.3, 0.4) is 0 Å². The van der Waals surface area contributed by atoms with Crippen LogP contribution in [0.25, 0.3) is 0 Å². The maximum Gasteiger partial charge on any atom is 0.312 e. The minimum Gasteiger partial charge on any atom is -0.0619 e. The van der Waals surface area contributed by atoms with Crippen molar-refractivity contribution in [2.24, 2.45) is 0 Å². The standard InChI is InChI=1S/C8H10I/c1-2-9-8-6-4-3-5-7-8/h3-7H,2H2,1H3/q+1. The van der Waals surface area contributed by atoms with E-state index < -0.39 is 0 Å². The lowest BCUT2D eigenvalue weighted by Crippen LogP contribution is -3.62. The first kappa shape index (κ1) is 7.06. The molecule has 1 aromatic carbocycles. The molecule has 0 nitrogen and oxygen atoms in total. The fraction of sp³-hybridized carbons (Fsp3) is 0.250. The summed E-state index contributed by atoms with van der Waals surface area (Å²) in [4.78, 5) is 0. The first-order valence-corrected chi connectivity index (χ1v) is 5.68. The molecule has 9 heavy (non-hydrogen) atoms. The highest BCUT2D eigenvalue weighted by atomic mass is 127. The van der Waals surface area contributed by atoms with Crippen LogP contribution in [0.2, 0.25) is 0 Å². The molecule has 1 aromatic rings. The van der Waals surface area contributed by atoms with Gasteiger partial charge in [-0.15, -0.1) is 0 Å². The highest BCUT2D eigenvalue weighted by Crippen LogP contribution is 1.81. The number of alkyl halides is 1. The molecular formula is C8H10I+. The predicted molar refractivity (Wildman–Crippen MR) is 35.7 cm³/mol. The number of hydrogen-bond donors (Lipinski definition) is 0. The average Bonchev–Trinajstić information content (AvgIpc) is 1.91. The topological polar surface area (TPSA) is 0 Å². The summed E-state index contributed by atoms with van der Waals surface area (Å²) in [5, 5.41) is 0. The summed E-state index contributed by atoms with van der Waals surface area (Å²) in [7, 11) is 0. The zero-order valence-electron chi connectivity index (χ0n) is 5.47. The lowest BCUT2D eigenvalue weighted by atomic mass is 10.4. The van der Waals surface area contributed by atoms with Crippen LogP contribution >= 0.6 is 0 Å². The Balaban J connectivity index is 2.61. The molecule has 0 spiro atoms. The van der Waals surface area contributed by atoms with Crippen molar-refractivity contribution in [1.29, 1.82) is 0 Å². The molecule has 1 heteroatoms. The summed E-state index contributed by atoms with van der Waals surface area (Å²) in [6, 6.07) is 10.7. The maximum absolute atomic E-state index is 2.25. The van der Waals surface area contributed by atoms with Crippen molar-refractivity contribution in [2.45, 2.75) is 6.92 Å². The normalized spacial score (nSPS) is 9.44. The van der Waals surface area contributed by atoms with Crippen molar-refractivity contribution >= 4 is 0 Å². The van der Waals surface area contributed by atoms with Gasteiger partial charge >= 0.3 is 21.2 Å². The summed E-state index contributed by atoms with van der Waals surface area (Å²) in [5.41, 5.74) is 0.